The monoisotopic (exact) mass is 112 g/mol. The van der Waals surface area contributed by atoms with E-state index in [4.69, 9.17) is 0 Å². The summed E-state index contributed by atoms with van der Waals surface area (Å²) in [4.78, 5) is 10.4. The molecule has 0 aromatic rings. The van der Waals surface area contributed by atoms with Gasteiger partial charge in [-0.3, -0.25) is 0 Å². The third-order valence-corrected chi connectivity index (χ3v) is 0.982. The molecule has 0 saturated heterocycles. The number of allylic oxidation sites excluding steroid dienone is 1. The van der Waals surface area contributed by atoms with E-state index in [2.05, 4.69) is 10.6 Å². The first-order valence-electron chi connectivity index (χ1n) is 2.50. The minimum absolute atomic E-state index is 0.106. The highest BCUT2D eigenvalue weighted by Gasteiger charge is 2.02. The zero-order valence-electron chi connectivity index (χ0n) is 4.69. The van der Waals surface area contributed by atoms with Crippen LogP contribution in [0.4, 0.5) is 4.79 Å². The van der Waals surface area contributed by atoms with Crippen LogP contribution < -0.4 is 10.6 Å². The highest BCUT2D eigenvalue weighted by atomic mass is 16.2. The Morgan fingerprint density at radius 2 is 2.50 bits per heavy atom. The molecule has 2 amide bonds. The van der Waals surface area contributed by atoms with Gasteiger partial charge < -0.3 is 10.6 Å². The lowest BCUT2D eigenvalue weighted by Crippen LogP contribution is -2.38. The molecule has 0 unspecified atom stereocenters. The van der Waals surface area contributed by atoms with Crippen molar-refractivity contribution in [3.63, 3.8) is 0 Å². The molecule has 0 aromatic heterocycles. The van der Waals surface area contributed by atoms with E-state index >= 15 is 0 Å². The average molecular weight is 112 g/mol. The highest BCUT2D eigenvalue weighted by Crippen LogP contribution is 1.88. The van der Waals surface area contributed by atoms with Crippen molar-refractivity contribution in [2.45, 2.75) is 6.92 Å². The fraction of sp³-hybridized carbons (Fsp3) is 0.400. The molecule has 3 nitrogen and oxygen atoms in total. The molecule has 2 N–H and O–H groups in total. The number of urea groups is 1. The van der Waals surface area contributed by atoms with E-state index in [0.717, 1.165) is 5.70 Å². The molecule has 0 atom stereocenters. The molecule has 1 rings (SSSR count). The van der Waals surface area contributed by atoms with E-state index < -0.39 is 0 Å². The van der Waals surface area contributed by atoms with Gasteiger partial charge in [0.15, 0.2) is 0 Å². The molecule has 0 radical (unpaired) electrons. The second-order valence-electron chi connectivity index (χ2n) is 1.72. The lowest BCUT2D eigenvalue weighted by Gasteiger charge is -2.10. The molecular weight excluding hydrogens is 104 g/mol. The van der Waals surface area contributed by atoms with Crippen LogP contribution in [0.3, 0.4) is 0 Å². The first-order chi connectivity index (χ1) is 3.79. The summed E-state index contributed by atoms with van der Waals surface area (Å²) >= 11 is 0. The Labute approximate surface area is 47.8 Å². The molecule has 1 heterocycles. The van der Waals surface area contributed by atoms with Gasteiger partial charge in [-0.1, -0.05) is 0 Å². The summed E-state index contributed by atoms with van der Waals surface area (Å²) in [6.07, 6.45) is 1.92. The lowest BCUT2D eigenvalue weighted by atomic mass is 10.4. The molecule has 1 aliphatic rings. The van der Waals surface area contributed by atoms with Gasteiger partial charge in [-0.25, -0.2) is 4.79 Å². The Bertz CT molecular complexity index is 139. The maximum Gasteiger partial charge on any atom is 0.319 e. The molecule has 3 heteroatoms. The molecule has 8 heavy (non-hydrogen) atoms. The van der Waals surface area contributed by atoms with Crippen LogP contribution in [-0.4, -0.2) is 12.6 Å². The summed E-state index contributed by atoms with van der Waals surface area (Å²) in [5, 5.41) is 5.18. The van der Waals surface area contributed by atoms with E-state index in [0.29, 0.717) is 6.54 Å². The van der Waals surface area contributed by atoms with Crippen LogP contribution in [0.1, 0.15) is 6.92 Å². The van der Waals surface area contributed by atoms with Crippen molar-refractivity contribution in [2.24, 2.45) is 0 Å². The van der Waals surface area contributed by atoms with Gasteiger partial charge >= 0.3 is 6.03 Å². The normalized spacial score (nSPS) is 18.6. The first-order valence-corrected chi connectivity index (χ1v) is 2.50. The third-order valence-electron chi connectivity index (χ3n) is 0.982. The van der Waals surface area contributed by atoms with Crippen molar-refractivity contribution in [3.8, 4) is 0 Å². The largest absolute Gasteiger partial charge is 0.334 e. The standard InChI is InChI=1S/C5H8N2O/c1-4-2-3-6-5(8)7-4/h2H,3H2,1H3,(H2,6,7,8). The predicted octanol–water partition coefficient (Wildman–Crippen LogP) is 0.203. The average Bonchev–Trinajstić information content (AvgIpc) is 1.64. The zero-order valence-corrected chi connectivity index (χ0v) is 4.69. The number of carbonyl (C=O) groups excluding carboxylic acids is 1. The van der Waals surface area contributed by atoms with Crippen molar-refractivity contribution in [2.75, 3.05) is 6.54 Å². The SMILES string of the molecule is CC1=CCNC(=O)N1. The number of hydrogen-bond donors (Lipinski definition) is 2. The Kier molecular flexibility index (Phi) is 1.20. The minimum atomic E-state index is -0.106. The van der Waals surface area contributed by atoms with Crippen LogP contribution >= 0.6 is 0 Å². The van der Waals surface area contributed by atoms with Gasteiger partial charge in [-0.15, -0.1) is 0 Å². The summed E-state index contributed by atoms with van der Waals surface area (Å²) in [5.41, 5.74) is 0.925. The van der Waals surface area contributed by atoms with Gasteiger partial charge in [0.25, 0.3) is 0 Å². The summed E-state index contributed by atoms with van der Waals surface area (Å²) in [6, 6.07) is -0.106. The van der Waals surface area contributed by atoms with Crippen LogP contribution in [0.25, 0.3) is 0 Å². The number of amides is 2. The van der Waals surface area contributed by atoms with Gasteiger partial charge in [-0.05, 0) is 13.0 Å². The lowest BCUT2D eigenvalue weighted by molar-refractivity contribution is 0.243. The van der Waals surface area contributed by atoms with E-state index in [1.54, 1.807) is 0 Å². The van der Waals surface area contributed by atoms with Gasteiger partial charge in [0.05, 0.1) is 0 Å². The van der Waals surface area contributed by atoms with Crippen molar-refractivity contribution in [3.05, 3.63) is 11.8 Å². The number of rotatable bonds is 0. The van der Waals surface area contributed by atoms with Crippen LogP contribution in [0.15, 0.2) is 11.8 Å². The maximum atomic E-state index is 10.4. The Morgan fingerprint density at radius 1 is 1.75 bits per heavy atom. The predicted molar refractivity (Wildman–Crippen MR) is 30.3 cm³/mol. The van der Waals surface area contributed by atoms with Crippen LogP contribution in [0, 0.1) is 0 Å². The second-order valence-corrected chi connectivity index (χ2v) is 1.72. The number of nitrogens with one attached hydrogen (secondary N) is 2. The minimum Gasteiger partial charge on any atom is -0.334 e. The van der Waals surface area contributed by atoms with E-state index in [9.17, 15) is 4.79 Å². The van der Waals surface area contributed by atoms with Crippen LogP contribution in [0.5, 0.6) is 0 Å². The molecule has 0 bridgehead atoms. The van der Waals surface area contributed by atoms with Gasteiger partial charge in [0.2, 0.25) is 0 Å². The fourth-order valence-electron chi connectivity index (χ4n) is 0.571. The summed E-state index contributed by atoms with van der Waals surface area (Å²) in [6.45, 7) is 2.51. The van der Waals surface area contributed by atoms with E-state index in [1.807, 2.05) is 13.0 Å². The van der Waals surface area contributed by atoms with Crippen molar-refractivity contribution in [1.82, 2.24) is 10.6 Å². The maximum absolute atomic E-state index is 10.4. The molecular formula is C5H8N2O. The van der Waals surface area contributed by atoms with Gasteiger partial charge in [0, 0.05) is 12.2 Å². The van der Waals surface area contributed by atoms with E-state index in [1.165, 1.54) is 0 Å². The molecule has 1 aliphatic heterocycles. The molecule has 0 aliphatic carbocycles. The quantitative estimate of drug-likeness (QED) is 0.462. The molecule has 0 fully saturated rings. The second kappa shape index (κ2) is 1.86. The van der Waals surface area contributed by atoms with Crippen molar-refractivity contribution in [1.29, 1.82) is 0 Å². The molecule has 44 valence electrons. The van der Waals surface area contributed by atoms with Gasteiger partial charge in [0.1, 0.15) is 0 Å². The smallest absolute Gasteiger partial charge is 0.319 e. The molecule has 0 aromatic carbocycles. The van der Waals surface area contributed by atoms with Gasteiger partial charge in [-0.2, -0.15) is 0 Å². The zero-order chi connectivity index (χ0) is 5.98. The van der Waals surface area contributed by atoms with Crippen molar-refractivity contribution >= 4 is 6.03 Å². The number of hydrogen-bond acceptors (Lipinski definition) is 1. The Hall–Kier alpha value is -0.990. The summed E-state index contributed by atoms with van der Waals surface area (Å²) in [7, 11) is 0. The highest BCUT2D eigenvalue weighted by molar-refractivity contribution is 5.76. The fourth-order valence-corrected chi connectivity index (χ4v) is 0.571. The van der Waals surface area contributed by atoms with Crippen LogP contribution in [0.2, 0.25) is 0 Å². The topological polar surface area (TPSA) is 41.1 Å². The number of carbonyl (C=O) groups is 1. The third kappa shape index (κ3) is 0.992. The van der Waals surface area contributed by atoms with E-state index in [-0.39, 0.29) is 6.03 Å². The Balaban J connectivity index is 2.57. The summed E-state index contributed by atoms with van der Waals surface area (Å²) < 4.78 is 0. The summed E-state index contributed by atoms with van der Waals surface area (Å²) in [5.74, 6) is 0. The molecule has 0 saturated carbocycles. The first kappa shape index (κ1) is 5.15. The van der Waals surface area contributed by atoms with Crippen LogP contribution in [-0.2, 0) is 0 Å². The Morgan fingerprint density at radius 3 is 2.88 bits per heavy atom. The van der Waals surface area contributed by atoms with Crippen molar-refractivity contribution < 1.29 is 4.79 Å². The molecule has 0 spiro atoms.